The zero-order chi connectivity index (χ0) is 11.4. The highest BCUT2D eigenvalue weighted by atomic mass is 32.2. The summed E-state index contributed by atoms with van der Waals surface area (Å²) < 4.78 is 21.7. The maximum atomic E-state index is 10.9. The molecule has 0 heterocycles. The molecule has 0 aliphatic rings. The number of sulfone groups is 1. The predicted octanol–water partition coefficient (Wildman–Crippen LogP) is -0.174. The third-order valence-corrected chi connectivity index (χ3v) is 2.74. The lowest BCUT2D eigenvalue weighted by atomic mass is 10.3. The van der Waals surface area contributed by atoms with Crippen molar-refractivity contribution >= 4 is 15.8 Å². The Morgan fingerprint density at radius 1 is 1.43 bits per heavy atom. The van der Waals surface area contributed by atoms with Crippen molar-refractivity contribution in [3.8, 4) is 0 Å². The third kappa shape index (κ3) is 6.85. The van der Waals surface area contributed by atoms with E-state index in [1.807, 2.05) is 13.8 Å². The van der Waals surface area contributed by atoms with Gasteiger partial charge >= 0.3 is 5.97 Å². The molecule has 0 amide bonds. The standard InChI is InChI=1S/C8H17NO4S/c1-7(2)9(6-8(10)11)4-5-14(3,12)13/h7H,4-6H2,1-3H3,(H,10,11). The van der Waals surface area contributed by atoms with Crippen LogP contribution in [0.2, 0.25) is 0 Å². The van der Waals surface area contributed by atoms with E-state index in [1.165, 1.54) is 0 Å². The van der Waals surface area contributed by atoms with Gasteiger partial charge in [-0.2, -0.15) is 0 Å². The van der Waals surface area contributed by atoms with Crippen LogP contribution in [0.1, 0.15) is 13.8 Å². The van der Waals surface area contributed by atoms with Gasteiger partial charge in [-0.05, 0) is 13.8 Å². The first-order chi connectivity index (χ1) is 6.22. The Hall–Kier alpha value is -0.620. The van der Waals surface area contributed by atoms with E-state index >= 15 is 0 Å². The van der Waals surface area contributed by atoms with Crippen molar-refractivity contribution in [1.82, 2.24) is 4.90 Å². The van der Waals surface area contributed by atoms with Crippen LogP contribution in [0.3, 0.4) is 0 Å². The van der Waals surface area contributed by atoms with E-state index < -0.39 is 15.8 Å². The van der Waals surface area contributed by atoms with Crippen LogP contribution in [-0.2, 0) is 14.6 Å². The molecule has 0 saturated carbocycles. The van der Waals surface area contributed by atoms with Crippen LogP contribution in [-0.4, -0.2) is 55.5 Å². The first-order valence-electron chi connectivity index (χ1n) is 4.36. The number of carboxylic acids is 1. The predicted molar refractivity (Wildman–Crippen MR) is 54.1 cm³/mol. The second-order valence-electron chi connectivity index (χ2n) is 3.59. The summed E-state index contributed by atoms with van der Waals surface area (Å²) in [5, 5.41) is 8.57. The van der Waals surface area contributed by atoms with E-state index in [1.54, 1.807) is 4.90 Å². The van der Waals surface area contributed by atoms with Crippen molar-refractivity contribution in [3.63, 3.8) is 0 Å². The molecule has 0 radical (unpaired) electrons. The quantitative estimate of drug-likeness (QED) is 0.676. The van der Waals surface area contributed by atoms with Crippen LogP contribution in [0, 0.1) is 0 Å². The number of nitrogens with zero attached hydrogens (tertiary/aromatic N) is 1. The zero-order valence-corrected chi connectivity index (χ0v) is 9.54. The van der Waals surface area contributed by atoms with Crippen molar-refractivity contribution in [1.29, 1.82) is 0 Å². The maximum Gasteiger partial charge on any atom is 0.317 e. The minimum Gasteiger partial charge on any atom is -0.480 e. The lowest BCUT2D eigenvalue weighted by molar-refractivity contribution is -0.138. The number of rotatable bonds is 6. The van der Waals surface area contributed by atoms with Crippen LogP contribution in [0.15, 0.2) is 0 Å². The molecular formula is C8H17NO4S. The fraction of sp³-hybridized carbons (Fsp3) is 0.875. The van der Waals surface area contributed by atoms with E-state index in [9.17, 15) is 13.2 Å². The summed E-state index contributed by atoms with van der Waals surface area (Å²) in [6.07, 6.45) is 1.15. The summed E-state index contributed by atoms with van der Waals surface area (Å²) in [5.41, 5.74) is 0. The molecule has 0 aliphatic heterocycles. The molecule has 0 unspecified atom stereocenters. The van der Waals surface area contributed by atoms with E-state index in [-0.39, 0.29) is 24.9 Å². The van der Waals surface area contributed by atoms with Gasteiger partial charge in [-0.1, -0.05) is 0 Å². The Morgan fingerprint density at radius 2 is 1.93 bits per heavy atom. The Kier molecular flexibility index (Phi) is 5.07. The molecule has 0 bridgehead atoms. The van der Waals surface area contributed by atoms with Gasteiger partial charge in [0.15, 0.2) is 0 Å². The van der Waals surface area contributed by atoms with Gasteiger partial charge in [-0.25, -0.2) is 8.42 Å². The van der Waals surface area contributed by atoms with Gasteiger partial charge in [-0.3, -0.25) is 9.69 Å². The van der Waals surface area contributed by atoms with Crippen molar-refractivity contribution in [3.05, 3.63) is 0 Å². The van der Waals surface area contributed by atoms with Crippen LogP contribution in [0.4, 0.5) is 0 Å². The number of aliphatic carboxylic acids is 1. The number of carbonyl (C=O) groups is 1. The molecular weight excluding hydrogens is 206 g/mol. The molecule has 0 fully saturated rings. The summed E-state index contributed by atoms with van der Waals surface area (Å²) in [7, 11) is -3.02. The average Bonchev–Trinajstić information content (AvgIpc) is 1.94. The van der Waals surface area contributed by atoms with Gasteiger partial charge in [-0.15, -0.1) is 0 Å². The first kappa shape index (κ1) is 13.4. The topological polar surface area (TPSA) is 74.7 Å². The van der Waals surface area contributed by atoms with Crippen molar-refractivity contribution in [2.24, 2.45) is 0 Å². The molecule has 5 nitrogen and oxygen atoms in total. The normalized spacial score (nSPS) is 12.4. The van der Waals surface area contributed by atoms with E-state index in [4.69, 9.17) is 5.11 Å². The minimum absolute atomic E-state index is 0.00153. The number of carboxylic acid groups (broad SMARTS) is 1. The monoisotopic (exact) mass is 223 g/mol. The average molecular weight is 223 g/mol. The third-order valence-electron chi connectivity index (χ3n) is 1.82. The molecule has 0 rings (SSSR count). The Morgan fingerprint density at radius 3 is 2.21 bits per heavy atom. The van der Waals surface area contributed by atoms with Gasteiger partial charge in [0.25, 0.3) is 0 Å². The molecule has 14 heavy (non-hydrogen) atoms. The minimum atomic E-state index is -3.02. The van der Waals surface area contributed by atoms with Gasteiger partial charge < -0.3 is 5.11 Å². The Bertz CT molecular complexity index is 284. The molecule has 0 atom stereocenters. The molecule has 6 heteroatoms. The summed E-state index contributed by atoms with van der Waals surface area (Å²) >= 11 is 0. The van der Waals surface area contributed by atoms with Crippen molar-refractivity contribution in [2.75, 3.05) is 25.1 Å². The highest BCUT2D eigenvalue weighted by Crippen LogP contribution is 1.98. The largest absolute Gasteiger partial charge is 0.480 e. The lowest BCUT2D eigenvalue weighted by Crippen LogP contribution is -2.38. The summed E-state index contributed by atoms with van der Waals surface area (Å²) in [5.74, 6) is -0.939. The highest BCUT2D eigenvalue weighted by molar-refractivity contribution is 7.90. The Labute approximate surface area is 84.6 Å². The summed E-state index contributed by atoms with van der Waals surface area (Å²) in [6, 6.07) is 0.0350. The fourth-order valence-electron chi connectivity index (χ4n) is 0.977. The van der Waals surface area contributed by atoms with E-state index in [2.05, 4.69) is 0 Å². The summed E-state index contributed by atoms with van der Waals surface area (Å²) in [6.45, 7) is 3.83. The molecule has 0 aromatic rings. The SMILES string of the molecule is CC(C)N(CCS(C)(=O)=O)CC(=O)O. The first-order valence-corrected chi connectivity index (χ1v) is 6.42. The molecule has 84 valence electrons. The summed E-state index contributed by atoms with van der Waals surface area (Å²) in [4.78, 5) is 12.1. The second-order valence-corrected chi connectivity index (χ2v) is 5.85. The number of hydrogen-bond acceptors (Lipinski definition) is 4. The lowest BCUT2D eigenvalue weighted by Gasteiger charge is -2.23. The molecule has 0 aromatic carbocycles. The van der Waals surface area contributed by atoms with Crippen LogP contribution < -0.4 is 0 Å². The maximum absolute atomic E-state index is 10.9. The molecule has 0 aromatic heterocycles. The fourth-order valence-corrected chi connectivity index (χ4v) is 1.54. The number of hydrogen-bond donors (Lipinski definition) is 1. The molecule has 0 spiro atoms. The molecule has 1 N–H and O–H groups in total. The van der Waals surface area contributed by atoms with Gasteiger partial charge in [0, 0.05) is 18.8 Å². The second kappa shape index (κ2) is 5.31. The highest BCUT2D eigenvalue weighted by Gasteiger charge is 2.15. The van der Waals surface area contributed by atoms with Crippen LogP contribution in [0.25, 0.3) is 0 Å². The van der Waals surface area contributed by atoms with Gasteiger partial charge in [0.05, 0.1) is 12.3 Å². The van der Waals surface area contributed by atoms with E-state index in [0.717, 1.165) is 6.26 Å². The van der Waals surface area contributed by atoms with Crippen LogP contribution in [0.5, 0.6) is 0 Å². The molecule has 0 saturated heterocycles. The van der Waals surface area contributed by atoms with Crippen molar-refractivity contribution in [2.45, 2.75) is 19.9 Å². The van der Waals surface area contributed by atoms with Crippen molar-refractivity contribution < 1.29 is 18.3 Å². The van der Waals surface area contributed by atoms with Gasteiger partial charge in [0.1, 0.15) is 9.84 Å². The van der Waals surface area contributed by atoms with Gasteiger partial charge in [0.2, 0.25) is 0 Å². The van der Waals surface area contributed by atoms with Crippen LogP contribution >= 0.6 is 0 Å². The smallest absolute Gasteiger partial charge is 0.317 e. The molecule has 0 aliphatic carbocycles. The Balaban J connectivity index is 4.18. The van der Waals surface area contributed by atoms with E-state index in [0.29, 0.717) is 0 Å². The zero-order valence-electron chi connectivity index (χ0n) is 8.73.